The van der Waals surface area contributed by atoms with Crippen molar-refractivity contribution in [2.75, 3.05) is 39.1 Å². The summed E-state index contributed by atoms with van der Waals surface area (Å²) in [7, 11) is 3.48. The van der Waals surface area contributed by atoms with E-state index in [-0.39, 0.29) is 17.9 Å². The largest absolute Gasteiger partial charge is 0.494 e. The molecule has 0 atom stereocenters. The molecule has 7 heteroatoms. The molecule has 0 aromatic heterocycles. The Morgan fingerprint density at radius 2 is 1.50 bits per heavy atom. The van der Waals surface area contributed by atoms with Gasteiger partial charge in [-0.15, -0.1) is 0 Å². The van der Waals surface area contributed by atoms with Gasteiger partial charge in [-0.3, -0.25) is 4.79 Å². The lowest BCUT2D eigenvalue weighted by molar-refractivity contribution is -0.121. The number of carbonyl (C=O) groups excluding carboxylic acids is 2. The topological polar surface area (TPSA) is 71.1 Å². The van der Waals surface area contributed by atoms with Crippen molar-refractivity contribution < 1.29 is 19.1 Å². The maximum absolute atomic E-state index is 12.6. The fraction of sp³-hybridized carbons (Fsp3) is 0.391. The van der Waals surface area contributed by atoms with Crippen LogP contribution in [0.3, 0.4) is 0 Å². The molecule has 0 spiro atoms. The van der Waals surface area contributed by atoms with Gasteiger partial charge in [-0.1, -0.05) is 0 Å². The highest BCUT2D eigenvalue weighted by molar-refractivity contribution is 5.92. The van der Waals surface area contributed by atoms with Crippen LogP contribution in [0.5, 0.6) is 17.2 Å². The van der Waals surface area contributed by atoms with E-state index < -0.39 is 0 Å². The molecule has 0 aliphatic carbocycles. The maximum Gasteiger partial charge on any atom is 0.319 e. The second kappa shape index (κ2) is 10.0. The van der Waals surface area contributed by atoms with Crippen LogP contribution in [0.2, 0.25) is 0 Å². The van der Waals surface area contributed by atoms with E-state index in [1.54, 1.807) is 23.9 Å². The highest BCUT2D eigenvalue weighted by Gasteiger charge is 2.28. The second-order valence-corrected chi connectivity index (χ2v) is 7.46. The third-order valence-electron chi connectivity index (χ3n) is 5.01. The number of carbonyl (C=O) groups is 2. The molecule has 2 aromatic rings. The number of likely N-dealkylation sites (tertiary alicyclic amines) is 1. The molecule has 1 heterocycles. The number of amides is 3. The van der Waals surface area contributed by atoms with Gasteiger partial charge in [0.05, 0.1) is 6.61 Å². The van der Waals surface area contributed by atoms with Gasteiger partial charge in [-0.25, -0.2) is 4.79 Å². The van der Waals surface area contributed by atoms with Crippen molar-refractivity contribution in [3.8, 4) is 17.2 Å². The molecule has 3 rings (SSSR count). The zero-order chi connectivity index (χ0) is 21.5. The zero-order valence-corrected chi connectivity index (χ0v) is 17.8. The Hall–Kier alpha value is -3.22. The van der Waals surface area contributed by atoms with Crippen molar-refractivity contribution in [2.24, 2.45) is 5.92 Å². The lowest BCUT2D eigenvalue weighted by Gasteiger charge is -2.33. The number of nitrogens with zero attached hydrogens (tertiary/aromatic N) is 2. The first-order valence-corrected chi connectivity index (χ1v) is 10.2. The summed E-state index contributed by atoms with van der Waals surface area (Å²) >= 11 is 0. The minimum Gasteiger partial charge on any atom is -0.494 e. The molecule has 30 heavy (non-hydrogen) atoms. The maximum atomic E-state index is 12.6. The normalized spacial score (nSPS) is 14.2. The molecule has 3 amide bonds. The van der Waals surface area contributed by atoms with Gasteiger partial charge in [0.25, 0.3) is 0 Å². The van der Waals surface area contributed by atoms with Crippen molar-refractivity contribution >= 4 is 17.6 Å². The molecular formula is C23H29N3O4. The Bertz CT molecular complexity index is 842. The van der Waals surface area contributed by atoms with Crippen LogP contribution in [0.25, 0.3) is 0 Å². The Morgan fingerprint density at radius 3 is 2.03 bits per heavy atom. The Kier molecular flexibility index (Phi) is 7.17. The van der Waals surface area contributed by atoms with Crippen molar-refractivity contribution in [3.63, 3.8) is 0 Å². The van der Waals surface area contributed by atoms with Crippen LogP contribution >= 0.6 is 0 Å². The number of benzene rings is 2. The van der Waals surface area contributed by atoms with Crippen LogP contribution in [0.1, 0.15) is 19.8 Å². The van der Waals surface area contributed by atoms with E-state index in [4.69, 9.17) is 9.47 Å². The number of nitrogens with one attached hydrogen (secondary N) is 1. The molecule has 1 saturated heterocycles. The monoisotopic (exact) mass is 411 g/mol. The third-order valence-corrected chi connectivity index (χ3v) is 5.01. The summed E-state index contributed by atoms with van der Waals surface area (Å²) in [4.78, 5) is 27.9. The first-order valence-electron chi connectivity index (χ1n) is 10.2. The predicted molar refractivity (Wildman–Crippen MR) is 116 cm³/mol. The van der Waals surface area contributed by atoms with Gasteiger partial charge >= 0.3 is 6.03 Å². The lowest BCUT2D eigenvalue weighted by Crippen LogP contribution is -2.45. The van der Waals surface area contributed by atoms with Gasteiger partial charge in [0.15, 0.2) is 0 Å². The Balaban J connectivity index is 1.49. The standard InChI is InChI=1S/C23H29N3O4/c1-4-29-19-9-11-21(12-10-19)30-20-7-5-18(6-8-20)24-22(27)17-13-15-26(16-14-17)23(28)25(2)3/h5-12,17H,4,13-16H2,1-3H3,(H,24,27). The number of anilines is 1. The van der Waals surface area contributed by atoms with E-state index in [1.807, 2.05) is 55.5 Å². The van der Waals surface area contributed by atoms with E-state index in [1.165, 1.54) is 0 Å². The van der Waals surface area contributed by atoms with E-state index in [9.17, 15) is 9.59 Å². The number of urea groups is 1. The number of rotatable bonds is 6. The summed E-state index contributed by atoms with van der Waals surface area (Å²) in [5, 5.41) is 2.97. The molecule has 1 N–H and O–H groups in total. The molecule has 1 fully saturated rings. The quantitative estimate of drug-likeness (QED) is 0.773. The van der Waals surface area contributed by atoms with Crippen molar-refractivity contribution in [1.82, 2.24) is 9.80 Å². The molecule has 1 aliphatic heterocycles. The number of hydrogen-bond donors (Lipinski definition) is 1. The molecule has 0 radical (unpaired) electrons. The first-order chi connectivity index (χ1) is 14.5. The highest BCUT2D eigenvalue weighted by atomic mass is 16.5. The Morgan fingerprint density at radius 1 is 0.967 bits per heavy atom. The Labute approximate surface area is 177 Å². The summed E-state index contributed by atoms with van der Waals surface area (Å²) in [5.74, 6) is 2.12. The van der Waals surface area contributed by atoms with Crippen molar-refractivity contribution in [2.45, 2.75) is 19.8 Å². The van der Waals surface area contributed by atoms with Gasteiger partial charge < -0.3 is 24.6 Å². The molecule has 0 bridgehead atoms. The molecule has 1 aliphatic rings. The van der Waals surface area contributed by atoms with E-state index in [0.29, 0.717) is 44.0 Å². The fourth-order valence-electron chi connectivity index (χ4n) is 3.37. The first kappa shape index (κ1) is 21.5. The SMILES string of the molecule is CCOc1ccc(Oc2ccc(NC(=O)C3CCN(C(=O)N(C)C)CC3)cc2)cc1. The van der Waals surface area contributed by atoms with Crippen LogP contribution in [0.4, 0.5) is 10.5 Å². The summed E-state index contributed by atoms with van der Waals surface area (Å²) in [6, 6.07) is 14.7. The van der Waals surface area contributed by atoms with Crippen LogP contribution in [0.15, 0.2) is 48.5 Å². The molecular weight excluding hydrogens is 382 g/mol. The smallest absolute Gasteiger partial charge is 0.319 e. The van der Waals surface area contributed by atoms with Crippen LogP contribution in [0, 0.1) is 5.92 Å². The van der Waals surface area contributed by atoms with Gasteiger partial charge in [0.2, 0.25) is 5.91 Å². The van der Waals surface area contributed by atoms with Crippen molar-refractivity contribution in [1.29, 1.82) is 0 Å². The summed E-state index contributed by atoms with van der Waals surface area (Å²) in [6.07, 6.45) is 1.34. The summed E-state index contributed by atoms with van der Waals surface area (Å²) in [5.41, 5.74) is 0.728. The fourth-order valence-corrected chi connectivity index (χ4v) is 3.37. The molecule has 0 saturated carbocycles. The number of hydrogen-bond acceptors (Lipinski definition) is 4. The van der Waals surface area contributed by atoms with Gasteiger partial charge in [-0.05, 0) is 68.3 Å². The average molecular weight is 412 g/mol. The van der Waals surface area contributed by atoms with Gasteiger partial charge in [-0.2, -0.15) is 0 Å². The molecule has 160 valence electrons. The van der Waals surface area contributed by atoms with Crippen LogP contribution in [-0.2, 0) is 4.79 Å². The van der Waals surface area contributed by atoms with Crippen molar-refractivity contribution in [3.05, 3.63) is 48.5 Å². The van der Waals surface area contributed by atoms with Crippen LogP contribution < -0.4 is 14.8 Å². The predicted octanol–water partition coefficient (Wildman–Crippen LogP) is 4.21. The minimum absolute atomic E-state index is 0.00280. The summed E-state index contributed by atoms with van der Waals surface area (Å²) < 4.78 is 11.3. The summed E-state index contributed by atoms with van der Waals surface area (Å²) in [6.45, 7) is 3.77. The third kappa shape index (κ3) is 5.65. The van der Waals surface area contributed by atoms with Gasteiger partial charge in [0, 0.05) is 38.8 Å². The van der Waals surface area contributed by atoms with Gasteiger partial charge in [0.1, 0.15) is 17.2 Å². The minimum atomic E-state index is -0.0870. The number of piperidine rings is 1. The van der Waals surface area contributed by atoms with E-state index in [0.717, 1.165) is 11.4 Å². The highest BCUT2D eigenvalue weighted by Crippen LogP contribution is 2.26. The lowest BCUT2D eigenvalue weighted by atomic mass is 9.96. The zero-order valence-electron chi connectivity index (χ0n) is 17.8. The average Bonchev–Trinajstić information content (AvgIpc) is 2.76. The second-order valence-electron chi connectivity index (χ2n) is 7.46. The molecule has 0 unspecified atom stereocenters. The van der Waals surface area contributed by atoms with E-state index in [2.05, 4.69) is 5.32 Å². The number of ether oxygens (including phenoxy) is 2. The van der Waals surface area contributed by atoms with E-state index >= 15 is 0 Å². The molecule has 2 aromatic carbocycles. The van der Waals surface area contributed by atoms with Crippen LogP contribution in [-0.4, -0.2) is 55.5 Å². The molecule has 7 nitrogen and oxygen atoms in total.